The van der Waals surface area contributed by atoms with E-state index < -0.39 is 0 Å². The first-order valence-corrected chi connectivity index (χ1v) is 8.15. The number of nitrogens with one attached hydrogen (secondary N) is 1. The minimum absolute atomic E-state index is 0.0418. The van der Waals surface area contributed by atoms with Gasteiger partial charge in [-0.1, -0.05) is 36.4 Å². The number of rotatable bonds is 6. The zero-order valence-electron chi connectivity index (χ0n) is 13.5. The molecule has 24 heavy (non-hydrogen) atoms. The zero-order valence-corrected chi connectivity index (χ0v) is 13.5. The molecule has 1 aliphatic carbocycles. The monoisotopic (exact) mass is 320 g/mol. The van der Waals surface area contributed by atoms with Crippen LogP contribution in [0.2, 0.25) is 0 Å². The Bertz CT molecular complexity index is 754. The van der Waals surface area contributed by atoms with Gasteiger partial charge in [0.15, 0.2) is 0 Å². The molecule has 1 aliphatic rings. The van der Waals surface area contributed by atoms with Crippen LogP contribution < -0.4 is 5.32 Å². The largest absolute Gasteiger partial charge is 0.392 e. The third kappa shape index (κ3) is 3.47. The lowest BCUT2D eigenvalue weighted by molar-refractivity contribution is 0.0954. The van der Waals surface area contributed by atoms with Gasteiger partial charge >= 0.3 is 0 Å². The van der Waals surface area contributed by atoms with Crippen molar-refractivity contribution in [1.82, 2.24) is 5.32 Å². The van der Waals surface area contributed by atoms with E-state index >= 15 is 0 Å². The minimum Gasteiger partial charge on any atom is -0.392 e. The van der Waals surface area contributed by atoms with E-state index in [9.17, 15) is 10.1 Å². The number of aliphatic hydroxyl groups excluding tert-OH is 1. The third-order valence-corrected chi connectivity index (χ3v) is 4.57. The molecule has 2 aromatic carbocycles. The van der Waals surface area contributed by atoms with E-state index in [1.54, 1.807) is 12.1 Å². The van der Waals surface area contributed by atoms with Gasteiger partial charge in [-0.2, -0.15) is 5.26 Å². The first-order valence-electron chi connectivity index (χ1n) is 8.15. The van der Waals surface area contributed by atoms with Gasteiger partial charge in [0.2, 0.25) is 0 Å². The second-order valence-corrected chi connectivity index (χ2v) is 6.25. The smallest absolute Gasteiger partial charge is 0.251 e. The predicted molar refractivity (Wildman–Crippen MR) is 91.4 cm³/mol. The Balaban J connectivity index is 1.52. The van der Waals surface area contributed by atoms with Gasteiger partial charge in [0, 0.05) is 12.1 Å². The lowest BCUT2D eigenvalue weighted by Gasteiger charge is -2.09. The molecule has 0 aliphatic heterocycles. The first-order chi connectivity index (χ1) is 11.7. The summed E-state index contributed by atoms with van der Waals surface area (Å²) >= 11 is 0. The van der Waals surface area contributed by atoms with Crippen molar-refractivity contribution in [1.29, 1.82) is 5.26 Å². The molecule has 0 aromatic heterocycles. The van der Waals surface area contributed by atoms with Crippen LogP contribution in [0.1, 0.15) is 39.9 Å². The molecule has 0 unspecified atom stereocenters. The second-order valence-electron chi connectivity index (χ2n) is 6.25. The van der Waals surface area contributed by atoms with E-state index in [-0.39, 0.29) is 17.9 Å². The van der Waals surface area contributed by atoms with Crippen LogP contribution in [0.4, 0.5) is 0 Å². The molecule has 4 heteroatoms. The van der Waals surface area contributed by atoms with E-state index in [2.05, 4.69) is 11.4 Å². The highest BCUT2D eigenvalue weighted by molar-refractivity contribution is 5.94. The van der Waals surface area contributed by atoms with E-state index in [1.807, 2.05) is 36.4 Å². The van der Waals surface area contributed by atoms with E-state index in [4.69, 9.17) is 5.11 Å². The highest BCUT2D eigenvalue weighted by Crippen LogP contribution is 2.47. The molecule has 0 atom stereocenters. The molecule has 0 bridgehead atoms. The Labute approximate surface area is 141 Å². The average molecular weight is 320 g/mol. The van der Waals surface area contributed by atoms with Gasteiger partial charge in [-0.3, -0.25) is 4.79 Å². The van der Waals surface area contributed by atoms with Crippen molar-refractivity contribution in [2.24, 2.45) is 0 Å². The second kappa shape index (κ2) is 6.86. The van der Waals surface area contributed by atoms with Crippen LogP contribution in [0.15, 0.2) is 48.5 Å². The summed E-state index contributed by atoms with van der Waals surface area (Å²) in [6, 6.07) is 17.4. The lowest BCUT2D eigenvalue weighted by atomic mass is 9.96. The van der Waals surface area contributed by atoms with Crippen LogP contribution in [0.25, 0.3) is 0 Å². The maximum Gasteiger partial charge on any atom is 0.251 e. The number of hydrogen-bond donors (Lipinski definition) is 2. The van der Waals surface area contributed by atoms with E-state index in [0.717, 1.165) is 36.0 Å². The Morgan fingerprint density at radius 1 is 1.08 bits per heavy atom. The number of benzene rings is 2. The number of nitrogens with zero attached hydrogens (tertiary/aromatic N) is 1. The van der Waals surface area contributed by atoms with Gasteiger partial charge in [-0.25, -0.2) is 0 Å². The molecule has 1 amide bonds. The molecule has 1 fully saturated rings. The fourth-order valence-corrected chi connectivity index (χ4v) is 2.76. The molecular weight excluding hydrogens is 300 g/mol. The van der Waals surface area contributed by atoms with Crippen LogP contribution in [0.3, 0.4) is 0 Å². The van der Waals surface area contributed by atoms with Crippen molar-refractivity contribution in [3.8, 4) is 6.07 Å². The molecule has 0 saturated heterocycles. The number of aliphatic hydroxyl groups is 1. The molecule has 2 N–H and O–H groups in total. The summed E-state index contributed by atoms with van der Waals surface area (Å²) in [5, 5.41) is 21.1. The molecule has 0 radical (unpaired) electrons. The summed E-state index contributed by atoms with van der Waals surface area (Å²) in [6.45, 7) is 0.598. The van der Waals surface area contributed by atoms with Gasteiger partial charge in [-0.15, -0.1) is 0 Å². The lowest BCUT2D eigenvalue weighted by Crippen LogP contribution is -2.25. The topological polar surface area (TPSA) is 73.1 Å². The van der Waals surface area contributed by atoms with Crippen molar-refractivity contribution in [3.63, 3.8) is 0 Å². The van der Waals surface area contributed by atoms with Crippen LogP contribution in [0.5, 0.6) is 0 Å². The summed E-state index contributed by atoms with van der Waals surface area (Å²) in [7, 11) is 0. The van der Waals surface area contributed by atoms with Crippen LogP contribution >= 0.6 is 0 Å². The highest BCUT2D eigenvalue weighted by atomic mass is 16.3. The fourth-order valence-electron chi connectivity index (χ4n) is 2.76. The summed E-state index contributed by atoms with van der Waals surface area (Å²) < 4.78 is 0. The molecular formula is C20H20N2O2. The number of nitriles is 1. The zero-order chi connectivity index (χ0) is 17.0. The number of carbonyl (C=O) groups is 1. The van der Waals surface area contributed by atoms with Crippen LogP contribution in [0, 0.1) is 11.3 Å². The SMILES string of the molecule is N#CC1(c2ccc(C(=O)NCCc3ccc(CO)cc3)cc2)CC1. The van der Waals surface area contributed by atoms with Crippen molar-refractivity contribution < 1.29 is 9.90 Å². The van der Waals surface area contributed by atoms with Gasteiger partial charge in [0.25, 0.3) is 5.91 Å². The van der Waals surface area contributed by atoms with Gasteiger partial charge < -0.3 is 10.4 Å². The Hall–Kier alpha value is -2.64. The average Bonchev–Trinajstić information content (AvgIpc) is 3.44. The number of amides is 1. The summed E-state index contributed by atoms with van der Waals surface area (Å²) in [5.74, 6) is -0.102. The standard InChI is InChI=1S/C20H20N2O2/c21-14-20(10-11-20)18-7-5-17(6-8-18)19(24)22-12-9-15-1-3-16(13-23)4-2-15/h1-8,23H,9-13H2,(H,22,24). The Morgan fingerprint density at radius 3 is 2.25 bits per heavy atom. The fraction of sp³-hybridized carbons (Fsp3) is 0.300. The van der Waals surface area contributed by atoms with Gasteiger partial charge in [-0.05, 0) is 48.1 Å². The summed E-state index contributed by atoms with van der Waals surface area (Å²) in [4.78, 5) is 12.2. The molecule has 122 valence electrons. The van der Waals surface area contributed by atoms with Crippen LogP contribution in [-0.4, -0.2) is 17.6 Å². The first kappa shape index (κ1) is 16.2. The summed E-state index contributed by atoms with van der Waals surface area (Å²) in [6.07, 6.45) is 2.56. The van der Waals surface area contributed by atoms with Crippen molar-refractivity contribution in [2.75, 3.05) is 6.54 Å². The molecule has 4 nitrogen and oxygen atoms in total. The van der Waals surface area contributed by atoms with Crippen molar-refractivity contribution in [3.05, 3.63) is 70.8 Å². The van der Waals surface area contributed by atoms with E-state index in [1.165, 1.54) is 0 Å². The van der Waals surface area contributed by atoms with Gasteiger partial charge in [0.05, 0.1) is 18.1 Å². The quantitative estimate of drug-likeness (QED) is 0.859. The normalized spacial score (nSPS) is 14.7. The Morgan fingerprint density at radius 2 is 1.71 bits per heavy atom. The number of hydrogen-bond acceptors (Lipinski definition) is 3. The molecule has 0 spiro atoms. The van der Waals surface area contributed by atoms with E-state index in [0.29, 0.717) is 12.1 Å². The van der Waals surface area contributed by atoms with Crippen molar-refractivity contribution in [2.45, 2.75) is 31.3 Å². The highest BCUT2D eigenvalue weighted by Gasteiger charge is 2.44. The minimum atomic E-state index is -0.310. The molecule has 0 heterocycles. The van der Waals surface area contributed by atoms with Crippen molar-refractivity contribution >= 4 is 5.91 Å². The molecule has 3 rings (SSSR count). The predicted octanol–water partition coefficient (Wildman–Crippen LogP) is 2.71. The van der Waals surface area contributed by atoms with Crippen LogP contribution in [-0.2, 0) is 18.4 Å². The molecule has 1 saturated carbocycles. The maximum atomic E-state index is 12.2. The Kier molecular flexibility index (Phi) is 4.64. The third-order valence-electron chi connectivity index (χ3n) is 4.57. The molecule has 2 aromatic rings. The number of carbonyl (C=O) groups excluding carboxylic acids is 1. The summed E-state index contributed by atoms with van der Waals surface area (Å²) in [5.41, 5.74) is 3.31. The van der Waals surface area contributed by atoms with Gasteiger partial charge in [0.1, 0.15) is 0 Å². The maximum absolute atomic E-state index is 12.2.